The Kier molecular flexibility index (Phi) is 20.9. The van der Waals surface area contributed by atoms with Crippen LogP contribution in [0.4, 0.5) is 0 Å². The van der Waals surface area contributed by atoms with Gasteiger partial charge in [-0.3, -0.25) is 48.5 Å². The minimum Gasteiger partial charge on any atom is -0.492 e. The van der Waals surface area contributed by atoms with Crippen molar-refractivity contribution in [1.29, 1.82) is 0 Å². The lowest BCUT2D eigenvalue weighted by Gasteiger charge is -2.36. The first-order valence-corrected chi connectivity index (χ1v) is 23.3. The molecule has 2 aromatic rings. The number of hydrogen-bond donors (Lipinski definition) is 2. The lowest BCUT2D eigenvalue weighted by atomic mass is 10.1. The summed E-state index contributed by atoms with van der Waals surface area (Å²) in [5.74, 6) is -2.56. The molecular weight excluding hydrogens is 877 g/mol. The van der Waals surface area contributed by atoms with Crippen molar-refractivity contribution >= 4 is 37.7 Å². The first-order chi connectivity index (χ1) is 29.9. The van der Waals surface area contributed by atoms with Gasteiger partial charge in [-0.2, -0.15) is 0 Å². The van der Waals surface area contributed by atoms with Crippen LogP contribution < -0.4 is 9.26 Å². The monoisotopic (exact) mass is 951 g/mol. The van der Waals surface area contributed by atoms with Crippen LogP contribution >= 0.6 is 7.82 Å². The highest BCUT2D eigenvalue weighted by molar-refractivity contribution is 7.46. The van der Waals surface area contributed by atoms with Gasteiger partial charge < -0.3 is 32.9 Å². The lowest BCUT2D eigenvalue weighted by molar-refractivity contribution is -0.163. The Morgan fingerprint density at radius 2 is 0.788 bits per heavy atom. The molecule has 2 rings (SSSR count). The molecule has 372 valence electrons. The fraction of sp³-hybridized carbons (Fsp3) is 0.638. The first kappa shape index (κ1) is 57.5. The maximum absolute atomic E-state index is 13.6. The van der Waals surface area contributed by atoms with Gasteiger partial charge in [-0.25, -0.2) is 4.57 Å². The predicted octanol–water partition coefficient (Wildman–Crippen LogP) is 6.19. The maximum Gasteiger partial charge on any atom is 0.524 e. The van der Waals surface area contributed by atoms with Gasteiger partial charge in [0.2, 0.25) is 0 Å². The third kappa shape index (κ3) is 26.5. The van der Waals surface area contributed by atoms with E-state index in [9.17, 15) is 28.5 Å². The molecule has 0 heterocycles. The van der Waals surface area contributed by atoms with E-state index in [4.69, 9.17) is 38.2 Å². The Morgan fingerprint density at radius 3 is 1.12 bits per heavy atom. The molecule has 0 spiro atoms. The summed E-state index contributed by atoms with van der Waals surface area (Å²) in [6.07, 6.45) is 0. The van der Waals surface area contributed by atoms with Crippen LogP contribution in [0.15, 0.2) is 48.5 Å². The molecule has 0 fully saturated rings. The fourth-order valence-electron chi connectivity index (χ4n) is 6.15. The van der Waals surface area contributed by atoms with Crippen LogP contribution in [0.3, 0.4) is 0 Å². The summed E-state index contributed by atoms with van der Waals surface area (Å²) < 4.78 is 50.6. The highest BCUT2D eigenvalue weighted by Gasteiger charge is 2.32. The van der Waals surface area contributed by atoms with E-state index in [1.54, 1.807) is 155 Å². The molecule has 0 bridgehead atoms. The Balaban J connectivity index is 2.63. The quantitative estimate of drug-likeness (QED) is 0.0764. The number of ether oxygens (including phenoxy) is 6. The molecule has 1 unspecified atom stereocenters. The second kappa shape index (κ2) is 23.9. The molecule has 1 atom stereocenters. The third-order valence-electron chi connectivity index (χ3n) is 8.25. The number of hydrogen-bond acceptors (Lipinski definition) is 16. The Labute approximate surface area is 390 Å². The molecule has 0 aromatic heterocycles. The van der Waals surface area contributed by atoms with E-state index in [2.05, 4.69) is 4.52 Å². The molecule has 0 amide bonds. The second-order valence-electron chi connectivity index (χ2n) is 20.9. The lowest BCUT2D eigenvalue weighted by Crippen LogP contribution is -2.54. The Hall–Kier alpha value is -4.58. The molecule has 0 aliphatic heterocycles. The molecule has 0 aliphatic carbocycles. The summed E-state index contributed by atoms with van der Waals surface area (Å²) in [7, 11) is -4.73. The van der Waals surface area contributed by atoms with Crippen LogP contribution in [-0.4, -0.2) is 147 Å². The fourth-order valence-corrected chi connectivity index (χ4v) is 6.54. The van der Waals surface area contributed by atoms with E-state index in [0.29, 0.717) is 5.75 Å². The van der Waals surface area contributed by atoms with E-state index in [-0.39, 0.29) is 64.7 Å². The number of rotatable bonds is 22. The maximum atomic E-state index is 13.6. The van der Waals surface area contributed by atoms with Gasteiger partial charge in [0, 0.05) is 19.6 Å². The topological polar surface area (TPSA) is 217 Å². The van der Waals surface area contributed by atoms with Crippen LogP contribution in [0.5, 0.6) is 11.5 Å². The number of carbonyl (C=O) groups excluding carboxylic acids is 5. The molecule has 0 aliphatic rings. The Morgan fingerprint density at radius 1 is 0.485 bits per heavy atom. The molecule has 18 nitrogen and oxygen atoms in total. The van der Waals surface area contributed by atoms with Gasteiger partial charge in [-0.1, -0.05) is 24.3 Å². The predicted molar refractivity (Wildman–Crippen MR) is 248 cm³/mol. The van der Waals surface area contributed by atoms with Crippen molar-refractivity contribution in [2.75, 3.05) is 59.0 Å². The Bertz CT molecular complexity index is 1890. The summed E-state index contributed by atoms with van der Waals surface area (Å²) in [5, 5.41) is 0. The third-order valence-corrected chi connectivity index (χ3v) is 8.70. The highest BCUT2D eigenvalue weighted by atomic mass is 31.2. The van der Waals surface area contributed by atoms with Gasteiger partial charge in [-0.05, 0) is 139 Å². The zero-order chi connectivity index (χ0) is 50.5. The number of benzene rings is 2. The number of esters is 5. The zero-order valence-corrected chi connectivity index (χ0v) is 42.4. The molecule has 2 N–H and O–H groups in total. The minimum atomic E-state index is -4.73. The van der Waals surface area contributed by atoms with Crippen molar-refractivity contribution in [3.05, 3.63) is 48.5 Å². The summed E-state index contributed by atoms with van der Waals surface area (Å²) in [6, 6.07) is 12.3. The summed E-state index contributed by atoms with van der Waals surface area (Å²) in [5.41, 5.74) is -2.67. The average Bonchev–Trinajstić information content (AvgIpc) is 3.07. The van der Waals surface area contributed by atoms with E-state index in [1.165, 1.54) is 12.1 Å². The van der Waals surface area contributed by atoms with Crippen molar-refractivity contribution in [3.8, 4) is 22.6 Å². The van der Waals surface area contributed by atoms with Crippen LogP contribution in [-0.2, 0) is 52.2 Å². The highest BCUT2D eigenvalue weighted by Crippen LogP contribution is 2.38. The first-order valence-electron chi connectivity index (χ1n) is 21.8. The molecule has 0 radical (unpaired) electrons. The molecule has 19 heteroatoms. The summed E-state index contributed by atoms with van der Waals surface area (Å²) >= 11 is 0. The van der Waals surface area contributed by atoms with Crippen LogP contribution in [0.1, 0.15) is 104 Å². The molecule has 66 heavy (non-hydrogen) atoms. The van der Waals surface area contributed by atoms with E-state index < -0.39 is 71.7 Å². The van der Waals surface area contributed by atoms with E-state index in [1.807, 2.05) is 0 Å². The van der Waals surface area contributed by atoms with Gasteiger partial charge in [-0.15, -0.1) is 0 Å². The van der Waals surface area contributed by atoms with Gasteiger partial charge in [0.25, 0.3) is 0 Å². The van der Waals surface area contributed by atoms with Crippen LogP contribution in [0, 0.1) is 0 Å². The number of carbonyl (C=O) groups is 5. The number of nitrogens with zero attached hydrogens (tertiary/aromatic N) is 3. The van der Waals surface area contributed by atoms with Crippen molar-refractivity contribution < 1.29 is 71.3 Å². The van der Waals surface area contributed by atoms with Crippen molar-refractivity contribution in [2.45, 2.75) is 138 Å². The summed E-state index contributed by atoms with van der Waals surface area (Å²) in [6.45, 7) is 24.4. The summed E-state index contributed by atoms with van der Waals surface area (Å²) in [4.78, 5) is 90.0. The van der Waals surface area contributed by atoms with Crippen LogP contribution in [0.25, 0.3) is 11.1 Å². The van der Waals surface area contributed by atoms with E-state index in [0.717, 1.165) is 11.1 Å². The molecule has 0 saturated heterocycles. The minimum absolute atomic E-state index is 0.0000940. The number of phosphoric ester groups is 1. The second-order valence-corrected chi connectivity index (χ2v) is 22.0. The molecule has 0 saturated carbocycles. The van der Waals surface area contributed by atoms with Crippen molar-refractivity contribution in [3.63, 3.8) is 0 Å². The van der Waals surface area contributed by atoms with Gasteiger partial charge in [0.1, 0.15) is 46.1 Å². The molecule has 2 aromatic carbocycles. The van der Waals surface area contributed by atoms with E-state index >= 15 is 0 Å². The van der Waals surface area contributed by atoms with Crippen LogP contribution in [0.2, 0.25) is 0 Å². The normalized spacial score (nSPS) is 13.3. The SMILES string of the molecule is CC(C)(C)OC(=O)CN(CCN(CC(=O)OC(C)(C)C)CC(COc1ccc(-c2ccc(OP(=O)(O)O)cc2)cc1)N(CC(=O)OC(C)(C)C)CC(=O)OC(C)(C)C)CC(=O)OC(C)(C)C. The zero-order valence-electron chi connectivity index (χ0n) is 41.6. The van der Waals surface area contributed by atoms with Gasteiger partial charge >= 0.3 is 37.7 Å². The van der Waals surface area contributed by atoms with Crippen molar-refractivity contribution in [2.24, 2.45) is 0 Å². The van der Waals surface area contributed by atoms with Crippen molar-refractivity contribution in [1.82, 2.24) is 14.7 Å². The van der Waals surface area contributed by atoms with Gasteiger partial charge in [0.05, 0.1) is 38.8 Å². The largest absolute Gasteiger partial charge is 0.524 e. The molecular formula is C47H74N3O15P. The number of phosphoric acid groups is 1. The average molecular weight is 952 g/mol. The van der Waals surface area contributed by atoms with Gasteiger partial charge in [0.15, 0.2) is 0 Å². The standard InChI is InChI=1S/C47H74N3O15P/c1-43(2,3)60-38(51)27-48(24-25-49(28-39(52)61-44(4,5)6)29-40(53)62-45(7,8)9)26-35(50(30-41(54)63-46(10,11)12)31-42(55)64-47(13,14)15)32-59-36-20-16-33(17-21-36)34-18-22-37(23-19-34)65-66(56,57)58/h16-23,35H,24-32H2,1-15H3,(H2,56,57,58). The smallest absolute Gasteiger partial charge is 0.492 e.